The zero-order valence-electron chi connectivity index (χ0n) is 17.2. The molecule has 2 aromatic rings. The van der Waals surface area contributed by atoms with Crippen molar-refractivity contribution < 1.29 is 14.4 Å². The zero-order valence-corrected chi connectivity index (χ0v) is 17.2. The predicted octanol–water partition coefficient (Wildman–Crippen LogP) is 2.46. The lowest BCUT2D eigenvalue weighted by Crippen LogP contribution is -2.20. The van der Waals surface area contributed by atoms with Gasteiger partial charge in [-0.1, -0.05) is 11.2 Å². The summed E-state index contributed by atoms with van der Waals surface area (Å²) < 4.78 is 5.67. The third-order valence-electron chi connectivity index (χ3n) is 4.45. The normalized spacial score (nSPS) is 14.7. The molecule has 1 amide bonds. The van der Waals surface area contributed by atoms with Crippen LogP contribution in [0.2, 0.25) is 0 Å². The van der Waals surface area contributed by atoms with E-state index < -0.39 is 0 Å². The van der Waals surface area contributed by atoms with E-state index in [4.69, 9.17) is 9.57 Å². The Hall–Kier alpha value is -2.94. The van der Waals surface area contributed by atoms with E-state index in [0.717, 1.165) is 49.2 Å². The van der Waals surface area contributed by atoms with Crippen LogP contribution in [0.4, 0.5) is 5.82 Å². The van der Waals surface area contributed by atoms with Crippen LogP contribution in [0.15, 0.2) is 23.4 Å². The maximum Gasteiger partial charge on any atom is 0.278 e. The van der Waals surface area contributed by atoms with Gasteiger partial charge in [0.25, 0.3) is 5.91 Å². The number of hydrogen-bond acceptors (Lipinski definition) is 7. The van der Waals surface area contributed by atoms with E-state index in [-0.39, 0.29) is 5.91 Å². The largest absolute Gasteiger partial charge is 0.478 e. The first kappa shape index (κ1) is 20.8. The molecule has 1 aliphatic rings. The quantitative estimate of drug-likeness (QED) is 0.495. The fourth-order valence-corrected chi connectivity index (χ4v) is 3.12. The van der Waals surface area contributed by atoms with E-state index >= 15 is 0 Å². The van der Waals surface area contributed by atoms with Gasteiger partial charge in [0.2, 0.25) is 5.88 Å². The molecule has 29 heavy (non-hydrogen) atoms. The van der Waals surface area contributed by atoms with Gasteiger partial charge in [0.15, 0.2) is 5.69 Å². The summed E-state index contributed by atoms with van der Waals surface area (Å²) in [5, 5.41) is 14.1. The molecule has 0 spiro atoms. The number of ether oxygens (including phenoxy) is 1. The minimum atomic E-state index is -0.342. The van der Waals surface area contributed by atoms with Crippen molar-refractivity contribution >= 4 is 17.4 Å². The molecule has 0 atom stereocenters. The molecule has 2 N–H and O–H groups in total. The number of carbonyl (C=O) groups is 1. The minimum Gasteiger partial charge on any atom is -0.478 e. The molecule has 2 aromatic heterocycles. The zero-order chi connectivity index (χ0) is 20.6. The van der Waals surface area contributed by atoms with Gasteiger partial charge in [-0.05, 0) is 52.8 Å². The van der Waals surface area contributed by atoms with Crippen molar-refractivity contribution in [3.63, 3.8) is 0 Å². The Bertz CT molecular complexity index is 862. The van der Waals surface area contributed by atoms with E-state index in [1.54, 1.807) is 18.2 Å². The molecular formula is C20H28N6O3. The van der Waals surface area contributed by atoms with Crippen molar-refractivity contribution in [2.75, 3.05) is 39.2 Å². The summed E-state index contributed by atoms with van der Waals surface area (Å²) in [6.45, 7) is 3.85. The summed E-state index contributed by atoms with van der Waals surface area (Å²) in [7, 11) is 4.04. The Morgan fingerprint density at radius 1 is 1.34 bits per heavy atom. The van der Waals surface area contributed by atoms with Crippen molar-refractivity contribution in [2.24, 2.45) is 5.16 Å². The van der Waals surface area contributed by atoms with Gasteiger partial charge in [-0.25, -0.2) is 0 Å². The van der Waals surface area contributed by atoms with Crippen LogP contribution in [0.5, 0.6) is 5.88 Å². The summed E-state index contributed by atoms with van der Waals surface area (Å²) in [5.74, 6) is 0.547. The highest BCUT2D eigenvalue weighted by Gasteiger charge is 2.27. The van der Waals surface area contributed by atoms with Gasteiger partial charge in [0.05, 0.1) is 17.9 Å². The van der Waals surface area contributed by atoms with Crippen LogP contribution in [0.1, 0.15) is 47.9 Å². The second-order valence-corrected chi connectivity index (χ2v) is 7.06. The second-order valence-electron chi connectivity index (χ2n) is 7.06. The van der Waals surface area contributed by atoms with Crippen LogP contribution in [-0.4, -0.2) is 65.6 Å². The van der Waals surface area contributed by atoms with Gasteiger partial charge in [0, 0.05) is 18.3 Å². The standard InChI is InChI=1S/C20H28N6O3/c1-4-29-25-15-9-5-8-14-18(15)19(24-23-14)20(27)22-16-10-6-11-17(21-16)28-13-7-12-26(2)3/h6,10-11H,4-5,7-9,12-13H2,1-3H3,(H,23,24)(H,21,22,27). The summed E-state index contributed by atoms with van der Waals surface area (Å²) in [6.07, 6.45) is 3.42. The molecule has 0 radical (unpaired) electrons. The number of nitrogens with one attached hydrogen (secondary N) is 2. The number of oxime groups is 1. The lowest BCUT2D eigenvalue weighted by atomic mass is 9.93. The molecular weight excluding hydrogens is 372 g/mol. The van der Waals surface area contributed by atoms with E-state index in [2.05, 4.69) is 30.6 Å². The van der Waals surface area contributed by atoms with Gasteiger partial charge in [0.1, 0.15) is 12.4 Å². The van der Waals surface area contributed by atoms with Crippen LogP contribution < -0.4 is 10.1 Å². The SMILES string of the molecule is CCON=C1CCCc2[nH]nc(C(=O)Nc3cccc(OCCCN(C)C)n3)c21. The van der Waals surface area contributed by atoms with Crippen molar-refractivity contribution in [3.8, 4) is 5.88 Å². The highest BCUT2D eigenvalue weighted by atomic mass is 16.6. The molecule has 9 nitrogen and oxygen atoms in total. The fourth-order valence-electron chi connectivity index (χ4n) is 3.12. The Morgan fingerprint density at radius 3 is 3.00 bits per heavy atom. The first-order chi connectivity index (χ1) is 14.1. The molecule has 2 heterocycles. The van der Waals surface area contributed by atoms with Crippen molar-refractivity contribution in [1.82, 2.24) is 20.1 Å². The van der Waals surface area contributed by atoms with Gasteiger partial charge >= 0.3 is 0 Å². The second kappa shape index (κ2) is 10.0. The Kier molecular flexibility index (Phi) is 7.18. The molecule has 0 unspecified atom stereocenters. The van der Waals surface area contributed by atoms with Gasteiger partial charge in [-0.3, -0.25) is 9.89 Å². The molecule has 0 aliphatic heterocycles. The van der Waals surface area contributed by atoms with Crippen molar-refractivity contribution in [1.29, 1.82) is 0 Å². The predicted molar refractivity (Wildman–Crippen MR) is 111 cm³/mol. The Labute approximate surface area is 170 Å². The number of aryl methyl sites for hydroxylation is 1. The number of hydrogen-bond donors (Lipinski definition) is 2. The van der Waals surface area contributed by atoms with Crippen LogP contribution in [-0.2, 0) is 11.3 Å². The molecule has 0 bridgehead atoms. The van der Waals surface area contributed by atoms with Crippen LogP contribution in [0.3, 0.4) is 0 Å². The van der Waals surface area contributed by atoms with Gasteiger partial charge < -0.3 is 19.8 Å². The highest BCUT2D eigenvalue weighted by molar-refractivity contribution is 6.13. The molecule has 156 valence electrons. The minimum absolute atomic E-state index is 0.303. The van der Waals surface area contributed by atoms with Crippen LogP contribution in [0, 0.1) is 0 Å². The average Bonchev–Trinajstić information content (AvgIpc) is 3.15. The maximum atomic E-state index is 12.8. The summed E-state index contributed by atoms with van der Waals surface area (Å²) in [5.41, 5.74) is 2.69. The Morgan fingerprint density at radius 2 is 2.21 bits per heavy atom. The number of H-pyrrole nitrogens is 1. The number of nitrogens with zero attached hydrogens (tertiary/aromatic N) is 4. The molecule has 0 aromatic carbocycles. The van der Waals surface area contributed by atoms with Crippen molar-refractivity contribution in [2.45, 2.75) is 32.6 Å². The highest BCUT2D eigenvalue weighted by Crippen LogP contribution is 2.24. The van der Waals surface area contributed by atoms with E-state index in [0.29, 0.717) is 30.6 Å². The first-order valence-electron chi connectivity index (χ1n) is 9.91. The number of aromatic nitrogens is 3. The molecule has 0 fully saturated rings. The summed E-state index contributed by atoms with van der Waals surface area (Å²) in [6, 6.07) is 5.29. The monoisotopic (exact) mass is 400 g/mol. The smallest absolute Gasteiger partial charge is 0.278 e. The maximum absolute atomic E-state index is 12.8. The number of fused-ring (bicyclic) bond motifs is 1. The number of aromatic amines is 1. The number of carbonyl (C=O) groups excluding carboxylic acids is 1. The number of rotatable bonds is 9. The van der Waals surface area contributed by atoms with Gasteiger partial charge in [-0.15, -0.1) is 0 Å². The third-order valence-corrected chi connectivity index (χ3v) is 4.45. The van der Waals surface area contributed by atoms with E-state index in [9.17, 15) is 4.79 Å². The van der Waals surface area contributed by atoms with Crippen molar-refractivity contribution in [3.05, 3.63) is 35.2 Å². The molecule has 1 aliphatic carbocycles. The lowest BCUT2D eigenvalue weighted by molar-refractivity contribution is 0.102. The number of amides is 1. The lowest BCUT2D eigenvalue weighted by Gasteiger charge is -2.14. The number of pyridine rings is 1. The number of anilines is 1. The molecule has 3 rings (SSSR count). The Balaban J connectivity index is 1.68. The van der Waals surface area contributed by atoms with Crippen LogP contribution in [0.25, 0.3) is 0 Å². The van der Waals surface area contributed by atoms with Gasteiger partial charge in [-0.2, -0.15) is 10.1 Å². The van der Waals surface area contributed by atoms with Crippen LogP contribution >= 0.6 is 0 Å². The summed E-state index contributed by atoms with van der Waals surface area (Å²) in [4.78, 5) is 24.5. The topological polar surface area (TPSA) is 105 Å². The molecule has 0 saturated carbocycles. The third kappa shape index (κ3) is 5.54. The van der Waals surface area contributed by atoms with E-state index in [1.807, 2.05) is 21.0 Å². The summed E-state index contributed by atoms with van der Waals surface area (Å²) >= 11 is 0. The fraction of sp³-hybridized carbons (Fsp3) is 0.500. The first-order valence-corrected chi connectivity index (χ1v) is 9.91. The average molecular weight is 400 g/mol. The molecule has 0 saturated heterocycles. The molecule has 9 heteroatoms. The van der Waals surface area contributed by atoms with E-state index in [1.165, 1.54) is 0 Å².